The summed E-state index contributed by atoms with van der Waals surface area (Å²) in [5, 5.41) is 0. The molecule has 0 saturated heterocycles. The van der Waals surface area contributed by atoms with Gasteiger partial charge in [-0.3, -0.25) is 4.90 Å². The van der Waals surface area contributed by atoms with Crippen LogP contribution in [0.2, 0.25) is 0 Å². The predicted octanol–water partition coefficient (Wildman–Crippen LogP) is 3.60. The Morgan fingerprint density at radius 3 is 2.40 bits per heavy atom. The molecule has 0 aliphatic heterocycles. The maximum atomic E-state index is 6.16. The second-order valence-corrected chi connectivity index (χ2v) is 6.16. The summed E-state index contributed by atoms with van der Waals surface area (Å²) in [5.74, 6) is 0. The Morgan fingerprint density at radius 2 is 1.80 bits per heavy atom. The smallest absolute Gasteiger partial charge is 0.0331 e. The van der Waals surface area contributed by atoms with Crippen LogP contribution in [0.15, 0.2) is 30.3 Å². The van der Waals surface area contributed by atoms with Gasteiger partial charge in [0.05, 0.1) is 0 Å². The van der Waals surface area contributed by atoms with Gasteiger partial charge >= 0.3 is 0 Å². The number of likely N-dealkylation sites (N-methyl/N-ethyl adjacent to an activating group) is 1. The van der Waals surface area contributed by atoms with Crippen molar-refractivity contribution in [1.82, 2.24) is 4.90 Å². The zero-order valence-corrected chi connectivity index (χ0v) is 13.0. The molecule has 0 amide bonds. The molecule has 1 aromatic rings. The summed E-state index contributed by atoms with van der Waals surface area (Å²) in [7, 11) is 0. The van der Waals surface area contributed by atoms with Gasteiger partial charge < -0.3 is 5.73 Å². The molecule has 1 aliphatic rings. The monoisotopic (exact) mass is 274 g/mol. The van der Waals surface area contributed by atoms with Crippen LogP contribution in [0, 0.1) is 0 Å². The SMILES string of the molecule is CCN(CCCc1ccccc1)C1(CN)CCCCC1. The Bertz CT molecular complexity index is 368. The fraction of sp³-hybridized carbons (Fsp3) is 0.667. The number of nitrogens with two attached hydrogens (primary N) is 1. The van der Waals surface area contributed by atoms with Gasteiger partial charge in [0, 0.05) is 12.1 Å². The Labute approximate surface area is 124 Å². The number of aryl methyl sites for hydroxylation is 1. The summed E-state index contributed by atoms with van der Waals surface area (Å²) in [6.45, 7) is 5.43. The number of benzene rings is 1. The first-order valence-electron chi connectivity index (χ1n) is 8.30. The van der Waals surface area contributed by atoms with Crippen molar-refractivity contribution in [3.63, 3.8) is 0 Å². The first kappa shape index (κ1) is 15.5. The van der Waals surface area contributed by atoms with E-state index >= 15 is 0 Å². The maximum Gasteiger partial charge on any atom is 0.0331 e. The number of hydrogen-bond acceptors (Lipinski definition) is 2. The lowest BCUT2D eigenvalue weighted by Gasteiger charge is -2.46. The van der Waals surface area contributed by atoms with Crippen molar-refractivity contribution < 1.29 is 0 Å². The lowest BCUT2D eigenvalue weighted by atomic mass is 9.80. The van der Waals surface area contributed by atoms with Crippen LogP contribution in [-0.4, -0.2) is 30.1 Å². The van der Waals surface area contributed by atoms with Gasteiger partial charge in [0.1, 0.15) is 0 Å². The summed E-state index contributed by atoms with van der Waals surface area (Å²) >= 11 is 0. The van der Waals surface area contributed by atoms with Gasteiger partial charge in [-0.05, 0) is 44.3 Å². The molecular formula is C18H30N2. The van der Waals surface area contributed by atoms with Gasteiger partial charge in [-0.25, -0.2) is 0 Å². The number of rotatable bonds is 7. The third-order valence-electron chi connectivity index (χ3n) is 4.95. The third-order valence-corrected chi connectivity index (χ3v) is 4.95. The molecule has 0 atom stereocenters. The van der Waals surface area contributed by atoms with E-state index < -0.39 is 0 Å². The van der Waals surface area contributed by atoms with Crippen molar-refractivity contribution in [1.29, 1.82) is 0 Å². The quantitative estimate of drug-likeness (QED) is 0.823. The highest BCUT2D eigenvalue weighted by atomic mass is 15.2. The second kappa shape index (κ2) is 7.80. The molecule has 2 heteroatoms. The van der Waals surface area contributed by atoms with Gasteiger partial charge in [0.15, 0.2) is 0 Å². The van der Waals surface area contributed by atoms with Crippen LogP contribution < -0.4 is 5.73 Å². The third kappa shape index (κ3) is 3.83. The van der Waals surface area contributed by atoms with E-state index in [1.807, 2.05) is 0 Å². The van der Waals surface area contributed by atoms with Crippen LogP contribution in [0.5, 0.6) is 0 Å². The van der Waals surface area contributed by atoms with E-state index in [1.54, 1.807) is 0 Å². The molecule has 0 heterocycles. The van der Waals surface area contributed by atoms with Gasteiger partial charge in [-0.2, -0.15) is 0 Å². The predicted molar refractivity (Wildman–Crippen MR) is 86.9 cm³/mol. The zero-order chi connectivity index (χ0) is 14.3. The van der Waals surface area contributed by atoms with Crippen molar-refractivity contribution in [2.75, 3.05) is 19.6 Å². The van der Waals surface area contributed by atoms with Crippen LogP contribution in [-0.2, 0) is 6.42 Å². The van der Waals surface area contributed by atoms with E-state index in [4.69, 9.17) is 5.73 Å². The summed E-state index contributed by atoms with van der Waals surface area (Å²) < 4.78 is 0. The molecule has 0 spiro atoms. The van der Waals surface area contributed by atoms with E-state index in [1.165, 1.54) is 57.1 Å². The van der Waals surface area contributed by atoms with E-state index in [0.717, 1.165) is 13.1 Å². The average molecular weight is 274 g/mol. The lowest BCUT2D eigenvalue weighted by Crippen LogP contribution is -2.55. The molecule has 2 nitrogen and oxygen atoms in total. The fourth-order valence-electron chi connectivity index (χ4n) is 3.71. The molecule has 1 aromatic carbocycles. The minimum absolute atomic E-state index is 0.295. The molecule has 1 fully saturated rings. The highest BCUT2D eigenvalue weighted by molar-refractivity contribution is 5.14. The van der Waals surface area contributed by atoms with Gasteiger partial charge in [-0.1, -0.05) is 56.5 Å². The van der Waals surface area contributed by atoms with E-state index in [-0.39, 0.29) is 0 Å². The number of nitrogens with zero attached hydrogens (tertiary/aromatic N) is 1. The molecule has 1 aliphatic carbocycles. The van der Waals surface area contributed by atoms with Crippen molar-refractivity contribution in [3.8, 4) is 0 Å². The first-order valence-corrected chi connectivity index (χ1v) is 8.30. The Morgan fingerprint density at radius 1 is 1.10 bits per heavy atom. The molecule has 2 N–H and O–H groups in total. The van der Waals surface area contributed by atoms with Gasteiger partial charge in [0.2, 0.25) is 0 Å². The topological polar surface area (TPSA) is 29.3 Å². The molecule has 2 rings (SSSR count). The average Bonchev–Trinajstić information content (AvgIpc) is 2.53. The molecule has 1 saturated carbocycles. The van der Waals surface area contributed by atoms with Crippen LogP contribution in [0.25, 0.3) is 0 Å². The molecular weight excluding hydrogens is 244 g/mol. The summed E-state index contributed by atoms with van der Waals surface area (Å²) in [6, 6.07) is 10.8. The standard InChI is InChI=1S/C18H30N2/c1-2-20(18(16-19)13-7-4-8-14-18)15-9-12-17-10-5-3-6-11-17/h3,5-6,10-11H,2,4,7-9,12-16,19H2,1H3. The lowest BCUT2D eigenvalue weighted by molar-refractivity contribution is 0.0608. The van der Waals surface area contributed by atoms with Crippen molar-refractivity contribution in [3.05, 3.63) is 35.9 Å². The second-order valence-electron chi connectivity index (χ2n) is 6.16. The highest BCUT2D eigenvalue weighted by Crippen LogP contribution is 2.33. The molecule has 112 valence electrons. The van der Waals surface area contributed by atoms with Crippen molar-refractivity contribution >= 4 is 0 Å². The minimum Gasteiger partial charge on any atom is -0.329 e. The maximum absolute atomic E-state index is 6.16. The van der Waals surface area contributed by atoms with E-state index in [9.17, 15) is 0 Å². The highest BCUT2D eigenvalue weighted by Gasteiger charge is 2.35. The van der Waals surface area contributed by atoms with Crippen LogP contribution in [0.1, 0.15) is 51.0 Å². The molecule has 0 unspecified atom stereocenters. The van der Waals surface area contributed by atoms with Crippen LogP contribution in [0.4, 0.5) is 0 Å². The van der Waals surface area contributed by atoms with Crippen LogP contribution >= 0.6 is 0 Å². The molecule has 20 heavy (non-hydrogen) atoms. The van der Waals surface area contributed by atoms with E-state index in [2.05, 4.69) is 42.2 Å². The molecule has 0 bridgehead atoms. The van der Waals surface area contributed by atoms with Crippen molar-refractivity contribution in [2.45, 2.75) is 57.4 Å². The summed E-state index contributed by atoms with van der Waals surface area (Å²) in [6.07, 6.45) is 9.10. The fourth-order valence-corrected chi connectivity index (χ4v) is 3.71. The summed E-state index contributed by atoms with van der Waals surface area (Å²) in [4.78, 5) is 2.66. The molecule has 0 aromatic heterocycles. The van der Waals surface area contributed by atoms with Gasteiger partial charge in [0.25, 0.3) is 0 Å². The largest absolute Gasteiger partial charge is 0.329 e. The molecule has 0 radical (unpaired) electrons. The van der Waals surface area contributed by atoms with Gasteiger partial charge in [-0.15, -0.1) is 0 Å². The number of hydrogen-bond donors (Lipinski definition) is 1. The minimum atomic E-state index is 0.295. The Kier molecular flexibility index (Phi) is 6.06. The van der Waals surface area contributed by atoms with E-state index in [0.29, 0.717) is 5.54 Å². The Hall–Kier alpha value is -0.860. The summed E-state index contributed by atoms with van der Waals surface area (Å²) in [5.41, 5.74) is 7.90. The van der Waals surface area contributed by atoms with Crippen LogP contribution in [0.3, 0.4) is 0 Å². The first-order chi connectivity index (χ1) is 9.80. The van der Waals surface area contributed by atoms with Crippen molar-refractivity contribution in [2.24, 2.45) is 5.73 Å². The zero-order valence-electron chi connectivity index (χ0n) is 13.0. The Balaban J connectivity index is 1.87. The normalized spacial score (nSPS) is 18.4.